The molecule has 13 rings (SSSR count). The van der Waals surface area contributed by atoms with Crippen LogP contribution in [0.5, 0.6) is 0 Å². The van der Waals surface area contributed by atoms with E-state index in [1.54, 1.807) is 16.8 Å². The molecule has 6 aromatic carbocycles. The normalized spacial score (nSPS) is 10.4. The molecule has 458 valence electrons. The van der Waals surface area contributed by atoms with Crippen LogP contribution in [-0.4, -0.2) is 85.9 Å². The number of nitrogens with zero attached hydrogens (tertiary/aromatic N) is 5. The van der Waals surface area contributed by atoms with Crippen molar-refractivity contribution in [2.75, 3.05) is 16.4 Å². The Balaban J connectivity index is 0.000000156. The van der Waals surface area contributed by atoms with Crippen molar-refractivity contribution < 1.29 is 47.4 Å². The van der Waals surface area contributed by atoms with Crippen LogP contribution in [0.1, 0.15) is 96.5 Å². The van der Waals surface area contributed by atoms with Crippen LogP contribution in [0.2, 0.25) is 0 Å². The fraction of sp³-hybridized carbons (Fsp3) is 0.0769. The fourth-order valence-electron chi connectivity index (χ4n) is 8.80. The van der Waals surface area contributed by atoms with Crippen molar-refractivity contribution in [3.8, 4) is 40.2 Å². The lowest BCUT2D eigenvalue weighted by molar-refractivity contribution is -0.116. The van der Waals surface area contributed by atoms with E-state index in [2.05, 4.69) is 50.5 Å². The summed E-state index contributed by atoms with van der Waals surface area (Å²) in [6.45, 7) is 5.84. The Morgan fingerprint density at radius 2 is 0.879 bits per heavy atom. The van der Waals surface area contributed by atoms with Crippen LogP contribution in [0, 0.1) is 23.0 Å². The van der Waals surface area contributed by atoms with E-state index in [1.807, 2.05) is 102 Å². The first-order valence-electron chi connectivity index (χ1n) is 26.9. The van der Waals surface area contributed by atoms with Crippen LogP contribution >= 0.6 is 47.5 Å². The van der Waals surface area contributed by atoms with E-state index in [0.717, 1.165) is 67.6 Å². The molecule has 0 aliphatic heterocycles. The molecule has 2 amide bonds. The second-order valence-electron chi connectivity index (χ2n) is 19.4. The van der Waals surface area contributed by atoms with Crippen LogP contribution in [-0.2, 0) is 4.79 Å². The number of H-pyrrole nitrogens is 4. The number of hydrogen-bond donors (Lipinski definition) is 8. The predicted octanol–water partition coefficient (Wildman–Crippen LogP) is 14.7. The lowest BCUT2D eigenvalue weighted by atomic mass is 10.1. The van der Waals surface area contributed by atoms with Crippen molar-refractivity contribution in [3.05, 3.63) is 207 Å². The number of ketones is 4. The number of thiophene rings is 3. The first-order valence-corrected chi connectivity index (χ1v) is 29.6. The maximum atomic E-state index is 13.4. The Morgan fingerprint density at radius 1 is 0.505 bits per heavy atom. The van der Waals surface area contributed by atoms with Gasteiger partial charge in [0.1, 0.15) is 50.5 Å². The molecule has 0 saturated carbocycles. The van der Waals surface area contributed by atoms with E-state index in [1.165, 1.54) is 86.8 Å². The molecule has 9 N–H and O–H groups in total. The number of carboxylic acids is 1. The molecule has 0 aliphatic carbocycles. The summed E-state index contributed by atoms with van der Waals surface area (Å²) in [7, 11) is 0. The Hall–Kier alpha value is -11.1. The van der Waals surface area contributed by atoms with Gasteiger partial charge in [0.15, 0.2) is 23.2 Å². The summed E-state index contributed by atoms with van der Waals surface area (Å²) in [6, 6.07) is 42.5. The Kier molecular flexibility index (Phi) is 21.5. The summed E-state index contributed by atoms with van der Waals surface area (Å²) in [4.78, 5) is 111. The van der Waals surface area contributed by atoms with E-state index in [0.29, 0.717) is 61.1 Å². The lowest BCUT2D eigenvalue weighted by Gasteiger charge is -2.06. The summed E-state index contributed by atoms with van der Waals surface area (Å²) >= 11 is 3.66. The number of Topliss-reactive ketones (excluding diaryl/α,β-unsaturated/α-hetero) is 4. The molecule has 13 aromatic rings. The van der Waals surface area contributed by atoms with Crippen molar-refractivity contribution >= 4 is 148 Å². The van der Waals surface area contributed by atoms with E-state index >= 15 is 0 Å². The number of nitrogens with one attached hydrogen (secondary N) is 6. The van der Waals surface area contributed by atoms with Gasteiger partial charge in [-0.05, 0) is 106 Å². The third-order valence-corrected chi connectivity index (χ3v) is 15.5. The standard InChI is InChI=1S/C20H14FN3O2S.C19H12FN3O3S.C13H11N3OS.C9H8N2O.C4H5NO.H2S/c1-11(25)17-14(18-22-15-7-2-3-8-16(15)23-18)10-27-20(17)24-19(26)12-5-4-6-13(21)9-12;20-11-5-3-4-10(8-11)17(24)23-18-15(19(25)26)12(9-27-18)16-21-13-6-1-2-7-14(13)22-16;1-7(17)11-8(6-18-12(11)14)13-15-9-4-2-3-5-10(9)16-13;1-6(12)9-10-7-4-2-3-5-8(7)11-9;1-4(6)2-3-5;/h2-10H,1H3,(H,22,23)(H,24,26);1-9H,(H,21,22)(H,23,24)(H,25,26);2-6H,14H2,1H3,(H,15,16);2-5H,1H3,(H,10,11);2H2,1H3;1H2. The SMILES string of the molecule is CC(=O)CC#N.CC(=O)c1c(-c2nc3ccccc3[nH]2)csc1N.CC(=O)c1c(-c2nc3ccccc3[nH]2)csc1NC(=O)c1cccc(F)c1.CC(=O)c1nc2ccccc2[nH]1.O=C(Nc1scc(-c2nc3ccccc3[nH]2)c1C(=O)O)c1cccc(F)c1.S. The highest BCUT2D eigenvalue weighted by Crippen LogP contribution is 2.38. The topological polar surface area (TPSA) is 328 Å². The lowest BCUT2D eigenvalue weighted by Crippen LogP contribution is -2.13. The van der Waals surface area contributed by atoms with Gasteiger partial charge in [-0.2, -0.15) is 18.8 Å². The number of benzene rings is 6. The number of aromatic carboxylic acids is 1. The number of para-hydroxylation sites is 8. The highest BCUT2D eigenvalue weighted by molar-refractivity contribution is 7.59. The zero-order valence-electron chi connectivity index (χ0n) is 48.4. The van der Waals surface area contributed by atoms with E-state index < -0.39 is 29.4 Å². The van der Waals surface area contributed by atoms with Gasteiger partial charge in [-0.15, -0.1) is 34.0 Å². The summed E-state index contributed by atoms with van der Waals surface area (Å²) < 4.78 is 26.7. The number of fused-ring (bicyclic) bond motifs is 4. The monoisotopic (exact) mass is 1290 g/mol. The highest BCUT2D eigenvalue weighted by atomic mass is 32.1. The molecule has 0 radical (unpaired) electrons. The minimum absolute atomic E-state index is 0. The largest absolute Gasteiger partial charge is 0.478 e. The molecule has 0 aliphatic rings. The molecule has 91 heavy (non-hydrogen) atoms. The zero-order chi connectivity index (χ0) is 64.2. The summed E-state index contributed by atoms with van der Waals surface area (Å²) in [5.74, 6) is -1.56. The van der Waals surface area contributed by atoms with Crippen molar-refractivity contribution in [2.45, 2.75) is 34.1 Å². The molecule has 0 unspecified atom stereocenters. The number of hydrogen-bond acceptors (Lipinski definition) is 16. The van der Waals surface area contributed by atoms with Crippen molar-refractivity contribution in [3.63, 3.8) is 0 Å². The molecule has 0 spiro atoms. The molecule has 7 aromatic heterocycles. The summed E-state index contributed by atoms with van der Waals surface area (Å²) in [5.41, 5.74) is 15.5. The maximum Gasteiger partial charge on any atom is 0.339 e. The number of nitriles is 1. The number of carbonyl (C=O) groups excluding carboxylic acids is 6. The predicted molar refractivity (Wildman–Crippen MR) is 356 cm³/mol. The van der Waals surface area contributed by atoms with Crippen molar-refractivity contribution in [1.29, 1.82) is 5.26 Å². The molecule has 20 nitrogen and oxygen atoms in total. The van der Waals surface area contributed by atoms with Crippen LogP contribution < -0.4 is 16.4 Å². The Labute approximate surface area is 534 Å². The van der Waals surface area contributed by atoms with Gasteiger partial charge in [0.05, 0.1) is 72.8 Å². The van der Waals surface area contributed by atoms with Crippen LogP contribution in [0.15, 0.2) is 162 Å². The van der Waals surface area contributed by atoms with Gasteiger partial charge in [0.2, 0.25) is 0 Å². The number of carboxylic acid groups (broad SMARTS) is 1. The van der Waals surface area contributed by atoms with Crippen molar-refractivity contribution in [1.82, 2.24) is 39.9 Å². The molecule has 26 heteroatoms. The second-order valence-corrected chi connectivity index (χ2v) is 22.1. The maximum absolute atomic E-state index is 13.4. The Bertz CT molecular complexity index is 4600. The number of anilines is 3. The van der Waals surface area contributed by atoms with E-state index in [9.17, 15) is 47.4 Å². The first-order chi connectivity index (χ1) is 43.3. The highest BCUT2D eigenvalue weighted by Gasteiger charge is 2.25. The minimum Gasteiger partial charge on any atom is -0.478 e. The number of halogens is 2. The number of nitrogen functional groups attached to an aromatic ring is 1. The number of imidazole rings is 4. The molecule has 0 saturated heterocycles. The van der Waals surface area contributed by atoms with Crippen LogP contribution in [0.4, 0.5) is 23.8 Å². The third-order valence-electron chi connectivity index (χ3n) is 12.9. The van der Waals surface area contributed by atoms with Gasteiger partial charge in [-0.3, -0.25) is 28.8 Å². The third kappa shape index (κ3) is 16.0. The summed E-state index contributed by atoms with van der Waals surface area (Å²) in [6.07, 6.45) is 0.0417. The average molecular weight is 1300 g/mol. The van der Waals surface area contributed by atoms with E-state index in [-0.39, 0.29) is 64.7 Å². The van der Waals surface area contributed by atoms with E-state index in [4.69, 9.17) is 11.0 Å². The molecular weight excluding hydrogens is 1240 g/mol. The molecule has 7 heterocycles. The molecule has 0 fully saturated rings. The average Bonchev–Trinajstić information content (AvgIpc) is 1.70. The first kappa shape index (κ1) is 65.9. The smallest absolute Gasteiger partial charge is 0.339 e. The zero-order valence-corrected chi connectivity index (χ0v) is 51.8. The molecular formula is C65H52F2N12O8S4. The van der Waals surface area contributed by atoms with Gasteiger partial charge in [-0.1, -0.05) is 60.7 Å². The number of nitrogens with two attached hydrogens (primary N) is 1. The van der Waals surface area contributed by atoms with Gasteiger partial charge in [0.25, 0.3) is 11.8 Å². The number of rotatable bonds is 12. The number of carbonyl (C=O) groups is 7. The second kappa shape index (κ2) is 29.7. The van der Waals surface area contributed by atoms with Crippen molar-refractivity contribution in [2.24, 2.45) is 0 Å². The number of amides is 2. The molecule has 0 atom stereocenters. The molecule has 0 bridgehead atoms. The van der Waals surface area contributed by atoms with Crippen LogP contribution in [0.25, 0.3) is 78.3 Å². The minimum atomic E-state index is -1.19. The van der Waals surface area contributed by atoms with Gasteiger partial charge in [0, 0.05) is 50.9 Å². The Morgan fingerprint density at radius 3 is 1.23 bits per heavy atom. The van der Waals surface area contributed by atoms with Gasteiger partial charge < -0.3 is 41.4 Å². The number of aromatic amines is 4. The van der Waals surface area contributed by atoms with Gasteiger partial charge in [-0.25, -0.2) is 33.5 Å². The number of aromatic nitrogens is 8. The summed E-state index contributed by atoms with van der Waals surface area (Å²) in [5, 5.41) is 29.0. The van der Waals surface area contributed by atoms with Crippen LogP contribution in [0.3, 0.4) is 0 Å². The van der Waals surface area contributed by atoms with Gasteiger partial charge >= 0.3 is 5.97 Å². The fourth-order valence-corrected chi connectivity index (χ4v) is 11.6. The quantitative estimate of drug-likeness (QED) is 0.0527.